The van der Waals surface area contributed by atoms with Gasteiger partial charge in [-0.1, -0.05) is 32.4 Å². The molecule has 0 bridgehead atoms. The maximum absolute atomic E-state index is 13.4. The molecule has 0 aliphatic heterocycles. The number of thiophene rings is 1. The number of pyridine rings is 1. The zero-order valence-corrected chi connectivity index (χ0v) is 22.7. The molecule has 0 saturated carbocycles. The van der Waals surface area contributed by atoms with Crippen LogP contribution in [0.4, 0.5) is 5.82 Å². The van der Waals surface area contributed by atoms with Crippen molar-refractivity contribution in [1.82, 2.24) is 24.3 Å². The molecule has 0 N–H and O–H groups in total. The molecule has 0 saturated heterocycles. The van der Waals surface area contributed by atoms with Crippen LogP contribution < -0.4 is 10.5 Å². The summed E-state index contributed by atoms with van der Waals surface area (Å²) in [6.07, 6.45) is 4.12. The molecule has 10 nitrogen and oxygen atoms in total. The molecular formula is C26H24ClN7O3S. The van der Waals surface area contributed by atoms with E-state index in [1.165, 1.54) is 45.2 Å². The van der Waals surface area contributed by atoms with Gasteiger partial charge in [-0.3, -0.25) is 23.9 Å². The van der Waals surface area contributed by atoms with E-state index in [2.05, 4.69) is 15.1 Å². The normalized spacial score (nSPS) is 11.3. The Hall–Kier alpha value is -4.14. The molecule has 4 rings (SSSR count). The predicted octanol–water partition coefficient (Wildman–Crippen LogP) is 4.29. The second kappa shape index (κ2) is 10.7. The number of ketones is 1. The van der Waals surface area contributed by atoms with Crippen LogP contribution in [0.5, 0.6) is 0 Å². The summed E-state index contributed by atoms with van der Waals surface area (Å²) in [6.45, 7) is 5.44. The minimum atomic E-state index is -0.753. The lowest BCUT2D eigenvalue weighted by molar-refractivity contribution is 0.0750. The summed E-state index contributed by atoms with van der Waals surface area (Å²) >= 11 is 7.53. The molecule has 0 radical (unpaired) electrons. The van der Waals surface area contributed by atoms with Crippen molar-refractivity contribution < 1.29 is 9.59 Å². The maximum atomic E-state index is 13.4. The number of rotatable bonds is 7. The fourth-order valence-electron chi connectivity index (χ4n) is 3.70. The molecule has 0 unspecified atom stereocenters. The van der Waals surface area contributed by atoms with Gasteiger partial charge in [0.15, 0.2) is 0 Å². The van der Waals surface area contributed by atoms with E-state index in [0.29, 0.717) is 22.4 Å². The molecule has 4 aromatic rings. The Kier molecular flexibility index (Phi) is 7.57. The highest BCUT2D eigenvalue weighted by molar-refractivity contribution is 7.16. The molecule has 0 aliphatic carbocycles. The first-order valence-corrected chi connectivity index (χ1v) is 12.7. The quantitative estimate of drug-likeness (QED) is 0.312. The van der Waals surface area contributed by atoms with E-state index in [0.717, 1.165) is 4.88 Å². The van der Waals surface area contributed by atoms with Gasteiger partial charge in [0.25, 0.3) is 11.5 Å². The van der Waals surface area contributed by atoms with Gasteiger partial charge in [-0.15, -0.1) is 11.3 Å². The van der Waals surface area contributed by atoms with E-state index in [9.17, 15) is 19.6 Å². The molecule has 4 heterocycles. The van der Waals surface area contributed by atoms with Crippen LogP contribution in [0.25, 0.3) is 11.4 Å². The molecular weight excluding hydrogens is 526 g/mol. The lowest BCUT2D eigenvalue weighted by Crippen LogP contribution is -2.31. The minimum absolute atomic E-state index is 0.0798. The van der Waals surface area contributed by atoms with Gasteiger partial charge in [-0.25, -0.2) is 4.98 Å². The first kappa shape index (κ1) is 26.9. The number of Topliss-reactive ketones (excluding diaryl/α,β-unsaturated/α-hetero) is 1. The van der Waals surface area contributed by atoms with Gasteiger partial charge in [-0.2, -0.15) is 15.0 Å². The number of carbonyl (C=O) groups excluding carboxylic acids is 2. The van der Waals surface area contributed by atoms with Crippen molar-refractivity contribution in [3.05, 3.63) is 79.7 Å². The van der Waals surface area contributed by atoms with Crippen molar-refractivity contribution in [3.63, 3.8) is 0 Å². The summed E-state index contributed by atoms with van der Waals surface area (Å²) in [4.78, 5) is 50.2. The maximum Gasteiger partial charge on any atom is 0.269 e. The van der Waals surface area contributed by atoms with Gasteiger partial charge in [-0.05, 0) is 24.3 Å². The van der Waals surface area contributed by atoms with Crippen molar-refractivity contribution in [2.24, 2.45) is 5.41 Å². The highest BCUT2D eigenvalue weighted by atomic mass is 35.5. The van der Waals surface area contributed by atoms with Gasteiger partial charge in [0.1, 0.15) is 28.8 Å². The number of anilines is 1. The minimum Gasteiger partial charge on any atom is -0.354 e. The Bertz CT molecular complexity index is 1610. The second-order valence-corrected chi connectivity index (χ2v) is 11.4. The van der Waals surface area contributed by atoms with Gasteiger partial charge in [0.2, 0.25) is 5.78 Å². The molecule has 0 spiro atoms. The van der Waals surface area contributed by atoms with Crippen LogP contribution in [0, 0.1) is 16.7 Å². The van der Waals surface area contributed by atoms with Crippen molar-refractivity contribution >= 4 is 40.4 Å². The van der Waals surface area contributed by atoms with Crippen molar-refractivity contribution in [3.8, 4) is 17.5 Å². The monoisotopic (exact) mass is 549 g/mol. The lowest BCUT2D eigenvalue weighted by atomic mass is 9.96. The van der Waals surface area contributed by atoms with Crippen molar-refractivity contribution in [2.75, 3.05) is 11.9 Å². The zero-order chi connectivity index (χ0) is 27.6. The third kappa shape index (κ3) is 5.56. The largest absolute Gasteiger partial charge is 0.354 e. The van der Waals surface area contributed by atoms with E-state index in [4.69, 9.17) is 11.6 Å². The van der Waals surface area contributed by atoms with Crippen LogP contribution in [-0.4, -0.2) is 43.1 Å². The Morgan fingerprint density at radius 3 is 2.55 bits per heavy atom. The predicted molar refractivity (Wildman–Crippen MR) is 145 cm³/mol. The Morgan fingerprint density at radius 1 is 1.18 bits per heavy atom. The summed E-state index contributed by atoms with van der Waals surface area (Å²) in [5.74, 6) is -0.227. The SMILES string of the molecule is CN(Cc1ccc(Cl)s1)c1cc(-c2ccc(C#N)c(=O)n2CC(=O)c2cnccn2)nn1C(=O)C(C)(C)C. The molecule has 0 aromatic carbocycles. The number of carbonyl (C=O) groups is 2. The molecule has 0 amide bonds. The number of aromatic nitrogens is 5. The molecule has 38 heavy (non-hydrogen) atoms. The molecule has 0 fully saturated rings. The number of nitriles is 1. The third-order valence-electron chi connectivity index (χ3n) is 5.65. The van der Waals surface area contributed by atoms with Gasteiger partial charge >= 0.3 is 0 Å². The molecule has 4 aromatic heterocycles. The molecule has 194 valence electrons. The van der Waals surface area contributed by atoms with Gasteiger partial charge in [0.05, 0.1) is 29.3 Å². The van der Waals surface area contributed by atoms with E-state index < -0.39 is 16.8 Å². The Morgan fingerprint density at radius 2 is 1.95 bits per heavy atom. The highest BCUT2D eigenvalue weighted by Crippen LogP contribution is 2.30. The number of halogens is 1. The topological polar surface area (TPSA) is 127 Å². The third-order valence-corrected chi connectivity index (χ3v) is 6.86. The average Bonchev–Trinajstić information content (AvgIpc) is 3.50. The van der Waals surface area contributed by atoms with Crippen LogP contribution in [0.3, 0.4) is 0 Å². The zero-order valence-electron chi connectivity index (χ0n) is 21.2. The van der Waals surface area contributed by atoms with Crippen LogP contribution >= 0.6 is 22.9 Å². The second-order valence-electron chi connectivity index (χ2n) is 9.57. The van der Waals surface area contributed by atoms with Gasteiger partial charge < -0.3 is 4.90 Å². The van der Waals surface area contributed by atoms with Crippen LogP contribution in [0.15, 0.2) is 53.7 Å². The smallest absolute Gasteiger partial charge is 0.269 e. The first-order chi connectivity index (χ1) is 18.0. The number of nitrogens with zero attached hydrogens (tertiary/aromatic N) is 7. The van der Waals surface area contributed by atoms with E-state index in [1.807, 2.05) is 30.1 Å². The fourth-order valence-corrected chi connectivity index (χ4v) is 4.84. The molecule has 12 heteroatoms. The Labute approximate surface area is 227 Å². The van der Waals surface area contributed by atoms with E-state index >= 15 is 0 Å². The highest BCUT2D eigenvalue weighted by Gasteiger charge is 2.29. The summed E-state index contributed by atoms with van der Waals surface area (Å²) in [6, 6.07) is 10.2. The lowest BCUT2D eigenvalue weighted by Gasteiger charge is -2.22. The molecule has 0 aliphatic rings. The standard InChI is InChI=1S/C26H24ClN7O3S/c1-26(2,3)25(37)34-23(32(4)14-17-6-8-22(27)38-17)11-18(31-34)20-7-5-16(12-28)24(36)33(20)15-21(35)19-13-29-9-10-30-19/h5-11,13H,14-15H2,1-4H3. The number of hydrogen-bond donors (Lipinski definition) is 0. The van der Waals surface area contributed by atoms with Crippen LogP contribution in [0.1, 0.15) is 46.5 Å². The summed E-state index contributed by atoms with van der Waals surface area (Å²) in [5.41, 5.74) is -0.879. The molecule has 0 atom stereocenters. The summed E-state index contributed by atoms with van der Waals surface area (Å²) < 4.78 is 3.14. The summed E-state index contributed by atoms with van der Waals surface area (Å²) in [7, 11) is 1.82. The van der Waals surface area contributed by atoms with E-state index in [-0.39, 0.29) is 29.4 Å². The van der Waals surface area contributed by atoms with Crippen LogP contribution in [0.2, 0.25) is 4.34 Å². The number of hydrogen-bond acceptors (Lipinski definition) is 9. The first-order valence-electron chi connectivity index (χ1n) is 11.5. The van der Waals surface area contributed by atoms with Crippen LogP contribution in [-0.2, 0) is 13.1 Å². The summed E-state index contributed by atoms with van der Waals surface area (Å²) in [5, 5.41) is 14.0. The van der Waals surface area contributed by atoms with Crippen molar-refractivity contribution in [1.29, 1.82) is 5.26 Å². The van der Waals surface area contributed by atoms with Crippen molar-refractivity contribution in [2.45, 2.75) is 33.9 Å². The van der Waals surface area contributed by atoms with Gasteiger partial charge in [0, 0.05) is 35.8 Å². The average molecular weight is 550 g/mol. The Balaban J connectivity index is 1.83. The fraction of sp³-hybridized carbons (Fsp3) is 0.269. The van der Waals surface area contributed by atoms with E-state index in [1.54, 1.807) is 32.9 Å².